The number of nitrogens with one attached hydrogen (secondary N) is 10. The van der Waals surface area contributed by atoms with Gasteiger partial charge in [0, 0.05) is 19.9 Å². The number of amides is 10. The monoisotopic (exact) mass is 1090 g/mol. The van der Waals surface area contributed by atoms with E-state index < -0.39 is 157 Å². The van der Waals surface area contributed by atoms with Crippen LogP contribution in [-0.2, 0) is 49.6 Å². The number of aliphatic hydroxyl groups is 3. The third kappa shape index (κ3) is 20.3. The van der Waals surface area contributed by atoms with Gasteiger partial charge in [0.05, 0.1) is 18.8 Å². The maximum Gasteiger partial charge on any atom is 0.287 e. The average Bonchev–Trinajstić information content (AvgIpc) is 3.88. The summed E-state index contributed by atoms with van der Waals surface area (Å²) in [6.07, 6.45) is -4.39. The molecule has 19 N–H and O–H groups in total. The molecule has 0 unspecified atom stereocenters. The summed E-state index contributed by atoms with van der Waals surface area (Å²) in [4.78, 5) is 150. The number of ketones is 1. The number of nitrogens with two attached hydrogens (primary N) is 3. The highest BCUT2D eigenvalue weighted by molar-refractivity contribution is 6.00. The normalized spacial score (nSPS) is 23.2. The zero-order valence-corrected chi connectivity index (χ0v) is 43.7. The van der Waals surface area contributed by atoms with Crippen molar-refractivity contribution in [3.8, 4) is 0 Å². The van der Waals surface area contributed by atoms with Gasteiger partial charge < -0.3 is 90.1 Å². The number of hydrogen-bond donors (Lipinski definition) is 16. The first-order chi connectivity index (χ1) is 36.4. The van der Waals surface area contributed by atoms with Crippen LogP contribution in [0, 0.1) is 5.92 Å². The van der Waals surface area contributed by atoms with Crippen LogP contribution in [0.25, 0.3) is 0 Å². The lowest BCUT2D eigenvalue weighted by Crippen LogP contribution is -2.61. The summed E-state index contributed by atoms with van der Waals surface area (Å²) >= 11 is 0. The van der Waals surface area contributed by atoms with E-state index in [1.807, 2.05) is 0 Å². The molecule has 77 heavy (non-hydrogen) atoms. The third-order valence-electron chi connectivity index (χ3n) is 12.0. The van der Waals surface area contributed by atoms with Crippen molar-refractivity contribution in [1.29, 1.82) is 0 Å². The Morgan fingerprint density at radius 3 is 1.62 bits per heavy atom. The molecule has 0 radical (unpaired) electrons. The highest BCUT2D eigenvalue weighted by atomic mass is 16.4. The fraction of sp³-hybridized carbons (Fsp3) is 0.571. The van der Waals surface area contributed by atoms with Gasteiger partial charge in [0.25, 0.3) is 5.91 Å². The van der Waals surface area contributed by atoms with E-state index in [1.165, 1.54) is 19.9 Å². The van der Waals surface area contributed by atoms with Crippen molar-refractivity contribution in [3.05, 3.63) is 59.5 Å². The number of Topliss-reactive ketones (excluding diaryl/α,β-unsaturated/α-hetero) is 1. The Kier molecular flexibility index (Phi) is 26.3. The molecule has 1 aliphatic rings. The van der Waals surface area contributed by atoms with Gasteiger partial charge in [-0.15, -0.1) is 0 Å². The third-order valence-corrected chi connectivity index (χ3v) is 12.0. The van der Waals surface area contributed by atoms with Crippen molar-refractivity contribution in [2.45, 2.75) is 140 Å². The van der Waals surface area contributed by atoms with Crippen molar-refractivity contribution in [2.75, 3.05) is 32.8 Å². The lowest BCUT2D eigenvalue weighted by molar-refractivity contribution is -0.136. The van der Waals surface area contributed by atoms with E-state index in [1.54, 1.807) is 44.2 Å². The van der Waals surface area contributed by atoms with Gasteiger partial charge in [-0.25, -0.2) is 0 Å². The van der Waals surface area contributed by atoms with Crippen LogP contribution in [0.4, 0.5) is 0 Å². The fourth-order valence-electron chi connectivity index (χ4n) is 7.80. The Morgan fingerprint density at radius 2 is 1.13 bits per heavy atom. The van der Waals surface area contributed by atoms with Gasteiger partial charge in [0.15, 0.2) is 17.3 Å². The molecule has 1 fully saturated rings. The SMILES string of the molecule is CC(=O)c1ccc(C(=O)N[C@H](C(=O)N[C@H](CO)C(=O)N[C@H]2CCNC(=O)[C@H]([C@@H](C)O)NC(=O)[C@H](CCN)NC(=O)[C@H](CCN)NC(=O)[C@H](CC(C)C)NC(=O)[C@@H](Cc3ccccc3)NC(=O)[C@H](CCN)NC2=O)[C@@H](C)O)o1. The Labute approximate surface area is 444 Å². The van der Waals surface area contributed by atoms with Gasteiger partial charge in [0.1, 0.15) is 54.4 Å². The molecule has 1 saturated heterocycles. The molecular formula is C49H75N13O15. The minimum absolute atomic E-state index is 0.0364. The smallest absolute Gasteiger partial charge is 0.287 e. The Bertz CT molecular complexity index is 2370. The van der Waals surface area contributed by atoms with E-state index in [9.17, 15) is 68.1 Å². The Morgan fingerprint density at radius 1 is 0.636 bits per heavy atom. The molecule has 3 rings (SSSR count). The first-order valence-electron chi connectivity index (χ1n) is 25.2. The molecule has 0 aliphatic carbocycles. The van der Waals surface area contributed by atoms with Crippen LogP contribution in [0.5, 0.6) is 0 Å². The maximum absolute atomic E-state index is 14.3. The first kappa shape index (κ1) is 63.9. The first-order valence-corrected chi connectivity index (χ1v) is 25.2. The highest BCUT2D eigenvalue weighted by Crippen LogP contribution is 2.12. The van der Waals surface area contributed by atoms with E-state index in [2.05, 4.69) is 53.2 Å². The molecule has 1 aromatic carbocycles. The van der Waals surface area contributed by atoms with Gasteiger partial charge in [-0.2, -0.15) is 0 Å². The number of carbonyl (C=O) groups is 11. The molecule has 2 heterocycles. The summed E-state index contributed by atoms with van der Waals surface area (Å²) in [5.41, 5.74) is 18.1. The number of benzene rings is 1. The molecule has 0 bridgehead atoms. The van der Waals surface area contributed by atoms with Crippen LogP contribution >= 0.6 is 0 Å². The van der Waals surface area contributed by atoms with Gasteiger partial charge in [0.2, 0.25) is 53.2 Å². The highest BCUT2D eigenvalue weighted by Gasteiger charge is 2.37. The molecule has 11 atom stereocenters. The second kappa shape index (κ2) is 31.6. The van der Waals surface area contributed by atoms with Gasteiger partial charge in [-0.05, 0) is 89.2 Å². The van der Waals surface area contributed by atoms with Crippen LogP contribution in [0.3, 0.4) is 0 Å². The lowest BCUT2D eigenvalue weighted by atomic mass is 10.00. The summed E-state index contributed by atoms with van der Waals surface area (Å²) in [5.74, 6) is -11.3. The van der Waals surface area contributed by atoms with Crippen LogP contribution in [0.15, 0.2) is 46.9 Å². The molecule has 2 aromatic rings. The standard InChI is InChI=1S/C49H75N13O15/c1-24(2)21-33-44(71)56-29(13-17-50)40(67)55-31(15-19-52)43(70)61-38(26(4)65)48(75)53-20-16-32(42(69)54-30(14-18-51)41(68)59-34(45(72)58-33)22-28-9-7-6-8-10-28)57-46(73)35(23-63)60-49(76)39(27(5)66)62-47(74)37-12-11-36(77-37)25(3)64/h6-12,24,26-27,29-35,38-39,63,65-66H,13-23,50-52H2,1-5H3,(H,53,75)(H,54,69)(H,55,67)(H,56,71)(H,57,73)(H,58,72)(H,59,68)(H,60,76)(H,61,70)(H,62,74)/t26-,27-,29+,30+,31+,32+,33+,34-,35-,38+,39+/m1/s1. The van der Waals surface area contributed by atoms with Crippen molar-refractivity contribution >= 4 is 64.9 Å². The second-order valence-electron chi connectivity index (χ2n) is 18.9. The van der Waals surface area contributed by atoms with Crippen molar-refractivity contribution in [2.24, 2.45) is 23.1 Å². The summed E-state index contributed by atoms with van der Waals surface area (Å²) < 4.78 is 5.19. The van der Waals surface area contributed by atoms with Gasteiger partial charge in [-0.3, -0.25) is 52.7 Å². The molecule has 426 valence electrons. The van der Waals surface area contributed by atoms with E-state index in [-0.39, 0.29) is 63.4 Å². The van der Waals surface area contributed by atoms with E-state index in [4.69, 9.17) is 21.6 Å². The summed E-state index contributed by atoms with van der Waals surface area (Å²) in [7, 11) is 0. The average molecular weight is 1090 g/mol. The topological polar surface area (TPSA) is 460 Å². The molecule has 28 heteroatoms. The lowest BCUT2D eigenvalue weighted by Gasteiger charge is -2.28. The second-order valence-corrected chi connectivity index (χ2v) is 18.9. The van der Waals surface area contributed by atoms with Crippen LogP contribution in [0.1, 0.15) is 93.4 Å². The van der Waals surface area contributed by atoms with Crippen molar-refractivity contribution in [1.82, 2.24) is 53.2 Å². The fourth-order valence-corrected chi connectivity index (χ4v) is 7.80. The number of carbonyl (C=O) groups excluding carboxylic acids is 11. The minimum Gasteiger partial charge on any atom is -0.448 e. The van der Waals surface area contributed by atoms with E-state index >= 15 is 0 Å². The molecule has 28 nitrogen and oxygen atoms in total. The van der Waals surface area contributed by atoms with E-state index in [0.717, 1.165) is 13.0 Å². The number of rotatable bonds is 20. The molecule has 0 spiro atoms. The molecular weight excluding hydrogens is 1010 g/mol. The molecule has 1 aromatic heterocycles. The maximum atomic E-state index is 14.3. The number of furan rings is 1. The van der Waals surface area contributed by atoms with Gasteiger partial charge >= 0.3 is 0 Å². The van der Waals surface area contributed by atoms with E-state index in [0.29, 0.717) is 5.56 Å². The predicted molar refractivity (Wildman–Crippen MR) is 274 cm³/mol. The summed E-state index contributed by atoms with van der Waals surface area (Å²) in [6, 6.07) is -3.32. The number of hydrogen-bond acceptors (Lipinski definition) is 18. The van der Waals surface area contributed by atoms with Crippen LogP contribution in [-0.4, -0.2) is 180 Å². The molecule has 10 amide bonds. The van der Waals surface area contributed by atoms with Crippen molar-refractivity contribution < 1.29 is 72.5 Å². The Hall–Kier alpha value is -7.37. The Balaban J connectivity index is 2.09. The summed E-state index contributed by atoms with van der Waals surface area (Å²) in [6.45, 7) is 4.92. The van der Waals surface area contributed by atoms with Crippen molar-refractivity contribution in [3.63, 3.8) is 0 Å². The van der Waals surface area contributed by atoms with Gasteiger partial charge in [-0.1, -0.05) is 44.2 Å². The molecule has 1 aliphatic heterocycles. The van der Waals surface area contributed by atoms with Crippen LogP contribution in [0.2, 0.25) is 0 Å². The minimum atomic E-state index is -1.89. The predicted octanol–water partition coefficient (Wildman–Crippen LogP) is -5.93. The quantitative estimate of drug-likeness (QED) is 0.0549. The largest absolute Gasteiger partial charge is 0.448 e. The molecule has 0 saturated carbocycles. The van der Waals surface area contributed by atoms with Crippen LogP contribution < -0.4 is 70.4 Å². The summed E-state index contributed by atoms with van der Waals surface area (Å²) in [5, 5.41) is 56.0. The zero-order chi connectivity index (χ0) is 57.5. The zero-order valence-electron chi connectivity index (χ0n) is 43.7. The number of aliphatic hydroxyl groups excluding tert-OH is 3.